The van der Waals surface area contributed by atoms with E-state index in [0.29, 0.717) is 31.0 Å². The Balaban J connectivity index is 1.71. The summed E-state index contributed by atoms with van der Waals surface area (Å²) >= 11 is 5.96. The summed E-state index contributed by atoms with van der Waals surface area (Å²) in [5, 5.41) is 10.0. The molecule has 1 saturated heterocycles. The van der Waals surface area contributed by atoms with Crippen molar-refractivity contribution < 1.29 is 14.7 Å². The van der Waals surface area contributed by atoms with E-state index in [2.05, 4.69) is 0 Å². The predicted octanol–water partition coefficient (Wildman–Crippen LogP) is 3.54. The lowest BCUT2D eigenvalue weighted by Gasteiger charge is -2.41. The average Bonchev–Trinajstić information content (AvgIpc) is 2.69. The fourth-order valence-electron chi connectivity index (χ4n) is 4.12. The molecule has 2 aromatic rings. The van der Waals surface area contributed by atoms with E-state index in [0.717, 1.165) is 24.0 Å². The number of aliphatic carboxylic acids is 1. The Kier molecular flexibility index (Phi) is 6.93. The zero-order valence-corrected chi connectivity index (χ0v) is 17.1. The number of nitrogens with zero attached hydrogens (tertiary/aromatic N) is 1. The van der Waals surface area contributed by atoms with Crippen LogP contribution in [0, 0.1) is 5.92 Å². The molecule has 1 heterocycles. The van der Waals surface area contributed by atoms with E-state index in [1.54, 1.807) is 4.90 Å². The van der Waals surface area contributed by atoms with Crippen molar-refractivity contribution in [1.29, 1.82) is 0 Å². The van der Waals surface area contributed by atoms with Crippen molar-refractivity contribution in [3.63, 3.8) is 0 Å². The number of halogens is 1. The zero-order valence-electron chi connectivity index (χ0n) is 16.4. The van der Waals surface area contributed by atoms with E-state index in [1.807, 2.05) is 54.6 Å². The predicted molar refractivity (Wildman–Crippen MR) is 114 cm³/mol. The highest BCUT2D eigenvalue weighted by molar-refractivity contribution is 6.30. The maximum atomic E-state index is 13.2. The van der Waals surface area contributed by atoms with Crippen LogP contribution < -0.4 is 5.73 Å². The average molecular weight is 415 g/mol. The van der Waals surface area contributed by atoms with Crippen molar-refractivity contribution in [2.24, 2.45) is 11.7 Å². The number of carbonyl (C=O) groups excluding carboxylic acids is 1. The normalized spacial score (nSPS) is 20.3. The van der Waals surface area contributed by atoms with Crippen LogP contribution in [-0.4, -0.2) is 40.5 Å². The fraction of sp³-hybridized carbons (Fsp3) is 0.391. The molecule has 5 nitrogen and oxygen atoms in total. The molecule has 3 N–H and O–H groups in total. The topological polar surface area (TPSA) is 83.6 Å². The Morgan fingerprint density at radius 3 is 2.45 bits per heavy atom. The number of carbonyl (C=O) groups is 2. The summed E-state index contributed by atoms with van der Waals surface area (Å²) in [5.41, 5.74) is 8.19. The number of amides is 1. The summed E-state index contributed by atoms with van der Waals surface area (Å²) in [7, 11) is 0. The number of rotatable bonds is 7. The third kappa shape index (κ3) is 6.05. The maximum Gasteiger partial charge on any atom is 0.304 e. The number of hydrogen-bond donors (Lipinski definition) is 2. The van der Waals surface area contributed by atoms with Gasteiger partial charge in [0.15, 0.2) is 0 Å². The molecule has 0 aliphatic carbocycles. The summed E-state index contributed by atoms with van der Waals surface area (Å²) in [6.07, 6.45) is 2.51. The van der Waals surface area contributed by atoms with Crippen LogP contribution in [0.5, 0.6) is 0 Å². The molecule has 0 spiro atoms. The molecular formula is C23H27ClN2O3. The molecule has 3 rings (SSSR count). The van der Waals surface area contributed by atoms with Gasteiger partial charge < -0.3 is 15.7 Å². The van der Waals surface area contributed by atoms with Gasteiger partial charge in [-0.1, -0.05) is 54.1 Å². The van der Waals surface area contributed by atoms with E-state index < -0.39 is 17.4 Å². The van der Waals surface area contributed by atoms with Gasteiger partial charge in [-0.3, -0.25) is 9.59 Å². The van der Waals surface area contributed by atoms with E-state index in [9.17, 15) is 14.7 Å². The van der Waals surface area contributed by atoms with Crippen LogP contribution in [-0.2, 0) is 22.4 Å². The van der Waals surface area contributed by atoms with Crippen molar-refractivity contribution in [3.05, 3.63) is 70.7 Å². The highest BCUT2D eigenvalue weighted by atomic mass is 35.5. The van der Waals surface area contributed by atoms with Gasteiger partial charge in [0.1, 0.15) is 0 Å². The quantitative estimate of drug-likeness (QED) is 0.725. The van der Waals surface area contributed by atoms with Crippen LogP contribution in [0.2, 0.25) is 5.02 Å². The van der Waals surface area contributed by atoms with Crippen molar-refractivity contribution >= 4 is 23.5 Å². The van der Waals surface area contributed by atoms with Crippen LogP contribution in [0.15, 0.2) is 54.6 Å². The van der Waals surface area contributed by atoms with Gasteiger partial charge in [-0.05, 0) is 48.9 Å². The van der Waals surface area contributed by atoms with Gasteiger partial charge in [0.2, 0.25) is 5.91 Å². The molecule has 0 bridgehead atoms. The second kappa shape index (κ2) is 9.42. The zero-order chi connectivity index (χ0) is 20.9. The second-order valence-electron chi connectivity index (χ2n) is 8.01. The minimum atomic E-state index is -0.962. The number of benzene rings is 2. The smallest absolute Gasteiger partial charge is 0.304 e. The van der Waals surface area contributed by atoms with Crippen LogP contribution in [0.4, 0.5) is 0 Å². The molecule has 6 heteroatoms. The first-order chi connectivity index (χ1) is 13.8. The van der Waals surface area contributed by atoms with Gasteiger partial charge in [-0.15, -0.1) is 0 Å². The standard InChI is InChI=1S/C23H27ClN2O3/c24-20-9-7-18(8-10-20)15-23(25)11-4-12-26(16-23)22(29)19(14-21(27)28)13-17-5-2-1-3-6-17/h1-3,5-10,19H,4,11-16,25H2,(H,27,28)/t19?,23-/m1/s1. The third-order valence-corrected chi connectivity index (χ3v) is 5.74. The second-order valence-corrected chi connectivity index (χ2v) is 8.45. The molecular weight excluding hydrogens is 388 g/mol. The first-order valence-electron chi connectivity index (χ1n) is 9.92. The van der Waals surface area contributed by atoms with Gasteiger partial charge >= 0.3 is 5.97 Å². The molecule has 1 fully saturated rings. The summed E-state index contributed by atoms with van der Waals surface area (Å²) in [5.74, 6) is -1.67. The van der Waals surface area contributed by atoms with Crippen molar-refractivity contribution in [3.8, 4) is 0 Å². The van der Waals surface area contributed by atoms with E-state index in [1.165, 1.54) is 0 Å². The summed E-state index contributed by atoms with van der Waals surface area (Å²) in [6.45, 7) is 1.04. The Hall–Kier alpha value is -2.37. The lowest BCUT2D eigenvalue weighted by Crippen LogP contribution is -2.58. The van der Waals surface area contributed by atoms with Crippen molar-refractivity contribution in [2.75, 3.05) is 13.1 Å². The largest absolute Gasteiger partial charge is 0.481 e. The molecule has 1 aliphatic rings. The number of likely N-dealkylation sites (tertiary alicyclic amines) is 1. The Bertz CT molecular complexity index is 841. The third-order valence-electron chi connectivity index (χ3n) is 5.48. The minimum Gasteiger partial charge on any atom is -0.481 e. The van der Waals surface area contributed by atoms with Gasteiger partial charge in [-0.25, -0.2) is 0 Å². The number of nitrogens with two attached hydrogens (primary N) is 1. The number of hydrogen-bond acceptors (Lipinski definition) is 3. The lowest BCUT2D eigenvalue weighted by molar-refractivity contribution is -0.145. The van der Waals surface area contributed by atoms with Gasteiger partial charge in [-0.2, -0.15) is 0 Å². The maximum absolute atomic E-state index is 13.2. The monoisotopic (exact) mass is 414 g/mol. The Morgan fingerprint density at radius 2 is 1.79 bits per heavy atom. The Labute approximate surface area is 176 Å². The van der Waals surface area contributed by atoms with Gasteiger partial charge in [0.05, 0.1) is 12.3 Å². The van der Waals surface area contributed by atoms with Crippen LogP contribution in [0.3, 0.4) is 0 Å². The Morgan fingerprint density at radius 1 is 1.10 bits per heavy atom. The molecule has 154 valence electrons. The van der Waals surface area contributed by atoms with Crippen molar-refractivity contribution in [1.82, 2.24) is 4.90 Å². The van der Waals surface area contributed by atoms with E-state index in [-0.39, 0.29) is 12.3 Å². The molecule has 1 amide bonds. The number of piperidine rings is 1. The lowest BCUT2D eigenvalue weighted by atomic mass is 9.83. The summed E-state index contributed by atoms with van der Waals surface area (Å²) in [6, 6.07) is 17.1. The highest BCUT2D eigenvalue weighted by Crippen LogP contribution is 2.26. The first-order valence-corrected chi connectivity index (χ1v) is 10.3. The molecule has 0 aromatic heterocycles. The summed E-state index contributed by atoms with van der Waals surface area (Å²) in [4.78, 5) is 26.3. The molecule has 29 heavy (non-hydrogen) atoms. The molecule has 2 atom stereocenters. The first kappa shape index (κ1) is 21.3. The fourth-order valence-corrected chi connectivity index (χ4v) is 4.24. The van der Waals surface area contributed by atoms with Crippen LogP contribution in [0.1, 0.15) is 30.4 Å². The highest BCUT2D eigenvalue weighted by Gasteiger charge is 2.36. The summed E-state index contributed by atoms with van der Waals surface area (Å²) < 4.78 is 0. The molecule has 1 aliphatic heterocycles. The van der Waals surface area contributed by atoms with Crippen molar-refractivity contribution in [2.45, 2.75) is 37.6 Å². The molecule has 0 saturated carbocycles. The number of carboxylic acids is 1. The SMILES string of the molecule is N[C@@]1(Cc2ccc(Cl)cc2)CCCN(C(=O)C(CC(=O)O)Cc2ccccc2)C1. The van der Waals surface area contributed by atoms with Crippen LogP contribution >= 0.6 is 11.6 Å². The van der Waals surface area contributed by atoms with E-state index >= 15 is 0 Å². The van der Waals surface area contributed by atoms with E-state index in [4.69, 9.17) is 17.3 Å². The molecule has 0 radical (unpaired) electrons. The number of carboxylic acid groups (broad SMARTS) is 1. The van der Waals surface area contributed by atoms with Crippen LogP contribution in [0.25, 0.3) is 0 Å². The molecule has 2 aromatic carbocycles. The van der Waals surface area contributed by atoms with Gasteiger partial charge in [0.25, 0.3) is 0 Å². The minimum absolute atomic E-state index is 0.123. The van der Waals surface area contributed by atoms with Gasteiger partial charge in [0, 0.05) is 23.7 Å². The molecule has 1 unspecified atom stereocenters.